The molecule has 96 valence electrons. The average Bonchev–Trinajstić information content (AvgIpc) is 2.63. The number of aromatic nitrogens is 1. The van der Waals surface area contributed by atoms with Crippen LogP contribution in [0.1, 0.15) is 24.4 Å². The van der Waals surface area contributed by atoms with Gasteiger partial charge in [0.1, 0.15) is 0 Å². The summed E-state index contributed by atoms with van der Waals surface area (Å²) in [5, 5.41) is 0. The van der Waals surface area contributed by atoms with E-state index >= 15 is 0 Å². The molecule has 2 rings (SSSR count). The largest absolute Gasteiger partial charge is 0.673 e. The van der Waals surface area contributed by atoms with E-state index in [2.05, 4.69) is 23.0 Å². The normalized spacial score (nSPS) is 20.9. The Hall–Kier alpha value is -1.11. The number of rotatable bonds is 1. The smallest absolute Gasteiger partial charge is 0.418 e. The summed E-state index contributed by atoms with van der Waals surface area (Å²) in [5.41, 5.74) is 1.36. The summed E-state index contributed by atoms with van der Waals surface area (Å²) < 4.78 is 39.0. The van der Waals surface area contributed by atoms with Crippen molar-refractivity contribution >= 4 is 7.25 Å². The van der Waals surface area contributed by atoms with Gasteiger partial charge >= 0.3 is 7.25 Å². The summed E-state index contributed by atoms with van der Waals surface area (Å²) in [6, 6.07) is 4.79. The highest BCUT2D eigenvalue weighted by Crippen LogP contribution is 2.29. The molecule has 17 heavy (non-hydrogen) atoms. The molecule has 1 unspecified atom stereocenters. The van der Waals surface area contributed by atoms with Crippen LogP contribution in [-0.2, 0) is 0 Å². The Bertz CT molecular complexity index is 325. The lowest BCUT2D eigenvalue weighted by molar-refractivity contribution is 0.317. The third kappa shape index (κ3) is 5.67. The predicted octanol–water partition coefficient (Wildman–Crippen LogP) is 3.15. The molecule has 0 saturated carbocycles. The standard InChI is InChI=1S/C10H14N2.BF4/c1-12-7-3-5-10(12)9-4-2-6-11-8-9;2-1(3,4)5/h2,4,6,8,10H,3,5,7H2,1H3;/q;-1. The van der Waals surface area contributed by atoms with Crippen molar-refractivity contribution in [3.05, 3.63) is 30.1 Å². The van der Waals surface area contributed by atoms with Crippen molar-refractivity contribution in [2.75, 3.05) is 13.6 Å². The first kappa shape index (κ1) is 14.0. The molecule has 0 amide bonds. The number of hydrogen-bond donors (Lipinski definition) is 0. The molecular formula is C10H14BF4N2-. The van der Waals surface area contributed by atoms with E-state index in [1.165, 1.54) is 24.9 Å². The van der Waals surface area contributed by atoms with Gasteiger partial charge in [-0.1, -0.05) is 6.07 Å². The molecule has 0 N–H and O–H groups in total. The van der Waals surface area contributed by atoms with Gasteiger partial charge in [-0.3, -0.25) is 9.88 Å². The van der Waals surface area contributed by atoms with Gasteiger partial charge in [0.25, 0.3) is 0 Å². The molecule has 2 heterocycles. The number of nitrogens with zero attached hydrogens (tertiary/aromatic N) is 2. The van der Waals surface area contributed by atoms with Crippen LogP contribution >= 0.6 is 0 Å². The van der Waals surface area contributed by atoms with Crippen molar-refractivity contribution in [1.29, 1.82) is 0 Å². The molecule has 1 aliphatic rings. The van der Waals surface area contributed by atoms with Crippen molar-refractivity contribution in [3.63, 3.8) is 0 Å². The van der Waals surface area contributed by atoms with Crippen molar-refractivity contribution in [1.82, 2.24) is 9.88 Å². The third-order valence-corrected chi connectivity index (χ3v) is 2.59. The lowest BCUT2D eigenvalue weighted by Gasteiger charge is -2.18. The number of halogens is 4. The van der Waals surface area contributed by atoms with Gasteiger partial charge < -0.3 is 17.3 Å². The van der Waals surface area contributed by atoms with Gasteiger partial charge in [0.05, 0.1) is 0 Å². The highest BCUT2D eigenvalue weighted by atomic mass is 19.5. The van der Waals surface area contributed by atoms with Gasteiger partial charge in [-0.15, -0.1) is 0 Å². The van der Waals surface area contributed by atoms with Gasteiger partial charge in [-0.05, 0) is 38.1 Å². The molecule has 0 aromatic carbocycles. The van der Waals surface area contributed by atoms with Gasteiger partial charge in [0.2, 0.25) is 0 Å². The summed E-state index contributed by atoms with van der Waals surface area (Å²) in [7, 11) is -3.81. The lowest BCUT2D eigenvalue weighted by Crippen LogP contribution is -2.17. The van der Waals surface area contributed by atoms with Crippen molar-refractivity contribution in [2.24, 2.45) is 0 Å². The van der Waals surface area contributed by atoms with Gasteiger partial charge in [-0.2, -0.15) is 0 Å². The Morgan fingerprint density at radius 1 is 1.35 bits per heavy atom. The lowest BCUT2D eigenvalue weighted by atomic mass is 10.1. The van der Waals surface area contributed by atoms with Crippen LogP contribution in [0.2, 0.25) is 0 Å². The number of hydrogen-bond acceptors (Lipinski definition) is 2. The van der Waals surface area contributed by atoms with Crippen LogP contribution in [-0.4, -0.2) is 30.7 Å². The summed E-state index contributed by atoms with van der Waals surface area (Å²) in [5.74, 6) is 0. The van der Waals surface area contributed by atoms with Crippen molar-refractivity contribution in [2.45, 2.75) is 18.9 Å². The van der Waals surface area contributed by atoms with Crippen LogP contribution in [0.4, 0.5) is 17.3 Å². The molecule has 0 bridgehead atoms. The average molecular weight is 249 g/mol. The summed E-state index contributed by atoms with van der Waals surface area (Å²) in [6.07, 6.45) is 6.41. The Balaban J connectivity index is 0.000000249. The first-order valence-electron chi connectivity index (χ1n) is 5.35. The Kier molecular flexibility index (Phi) is 4.93. The zero-order valence-corrected chi connectivity index (χ0v) is 9.49. The molecule has 1 saturated heterocycles. The van der Waals surface area contributed by atoms with Crippen LogP contribution in [0.3, 0.4) is 0 Å². The van der Waals surface area contributed by atoms with Crippen LogP contribution < -0.4 is 0 Å². The maximum atomic E-state index is 9.75. The first-order chi connectivity index (χ1) is 7.88. The van der Waals surface area contributed by atoms with E-state index in [0.717, 1.165) is 0 Å². The molecule has 2 nitrogen and oxygen atoms in total. The van der Waals surface area contributed by atoms with E-state index in [0.29, 0.717) is 6.04 Å². The first-order valence-corrected chi connectivity index (χ1v) is 5.35. The molecule has 0 spiro atoms. The van der Waals surface area contributed by atoms with E-state index in [1.54, 1.807) is 0 Å². The maximum Gasteiger partial charge on any atom is 0.673 e. The molecule has 1 aliphatic heterocycles. The molecule has 7 heteroatoms. The topological polar surface area (TPSA) is 16.1 Å². The van der Waals surface area contributed by atoms with Crippen LogP contribution in [0.15, 0.2) is 24.5 Å². The fourth-order valence-electron chi connectivity index (χ4n) is 1.90. The molecule has 0 radical (unpaired) electrons. The highest BCUT2D eigenvalue weighted by Gasteiger charge is 2.22. The second kappa shape index (κ2) is 6.00. The van der Waals surface area contributed by atoms with E-state index in [9.17, 15) is 17.3 Å². The van der Waals surface area contributed by atoms with E-state index in [1.807, 2.05) is 18.5 Å². The quantitative estimate of drug-likeness (QED) is 0.561. The van der Waals surface area contributed by atoms with Crippen molar-refractivity contribution in [3.8, 4) is 0 Å². The van der Waals surface area contributed by atoms with Crippen LogP contribution in [0, 0.1) is 0 Å². The van der Waals surface area contributed by atoms with E-state index in [-0.39, 0.29) is 0 Å². The zero-order chi connectivity index (χ0) is 12.9. The van der Waals surface area contributed by atoms with E-state index in [4.69, 9.17) is 0 Å². The second-order valence-electron chi connectivity index (χ2n) is 3.92. The summed E-state index contributed by atoms with van der Waals surface area (Å²) in [6.45, 7) is 1.22. The summed E-state index contributed by atoms with van der Waals surface area (Å²) in [4.78, 5) is 6.54. The minimum Gasteiger partial charge on any atom is -0.418 e. The Labute approximate surface area is 97.8 Å². The SMILES string of the molecule is CN1CCCC1c1cccnc1.F[B-](F)(F)F. The molecule has 1 fully saturated rings. The zero-order valence-electron chi connectivity index (χ0n) is 9.49. The monoisotopic (exact) mass is 249 g/mol. The number of pyridine rings is 1. The minimum atomic E-state index is -6.00. The molecular weight excluding hydrogens is 235 g/mol. The summed E-state index contributed by atoms with van der Waals surface area (Å²) >= 11 is 0. The third-order valence-electron chi connectivity index (χ3n) is 2.59. The fourth-order valence-corrected chi connectivity index (χ4v) is 1.90. The maximum absolute atomic E-state index is 9.75. The fraction of sp³-hybridized carbons (Fsp3) is 0.500. The highest BCUT2D eigenvalue weighted by molar-refractivity contribution is 6.50. The number of likely N-dealkylation sites (tertiary alicyclic amines) is 1. The molecule has 1 aromatic rings. The van der Waals surface area contributed by atoms with Gasteiger partial charge in [0.15, 0.2) is 0 Å². The second-order valence-corrected chi connectivity index (χ2v) is 3.92. The van der Waals surface area contributed by atoms with Crippen molar-refractivity contribution < 1.29 is 17.3 Å². The van der Waals surface area contributed by atoms with Crippen LogP contribution in [0.25, 0.3) is 0 Å². The minimum absolute atomic E-state index is 0.610. The Morgan fingerprint density at radius 3 is 2.41 bits per heavy atom. The molecule has 1 atom stereocenters. The predicted molar refractivity (Wildman–Crippen MR) is 59.0 cm³/mol. The van der Waals surface area contributed by atoms with E-state index < -0.39 is 7.25 Å². The molecule has 0 aliphatic carbocycles. The molecule has 1 aromatic heterocycles. The Morgan fingerprint density at radius 2 is 2.00 bits per heavy atom. The van der Waals surface area contributed by atoms with Gasteiger partial charge in [0, 0.05) is 18.4 Å². The van der Waals surface area contributed by atoms with Gasteiger partial charge in [-0.25, -0.2) is 0 Å². The van der Waals surface area contributed by atoms with Crippen LogP contribution in [0.5, 0.6) is 0 Å².